The van der Waals surface area contributed by atoms with Gasteiger partial charge >= 0.3 is 0 Å². The average Bonchev–Trinajstić information content (AvgIpc) is 2.75. The summed E-state index contributed by atoms with van der Waals surface area (Å²) in [6.45, 7) is 0. The molecule has 28 heavy (non-hydrogen) atoms. The highest BCUT2D eigenvalue weighted by Crippen LogP contribution is 2.44. The van der Waals surface area contributed by atoms with E-state index in [1.54, 1.807) is 0 Å². The zero-order valence-electron chi connectivity index (χ0n) is 15.4. The molecular formula is C24H20N2O2. The van der Waals surface area contributed by atoms with Crippen LogP contribution in [0.5, 0.6) is 0 Å². The SMILES string of the molecule is O=c1c2c([nH]c3cc4c(=O)c5c([nH]c4cc13)C1C=CC5CC1)C1C=CC2CC1. The van der Waals surface area contributed by atoms with E-state index in [9.17, 15) is 9.59 Å². The molecule has 2 aromatic heterocycles. The van der Waals surface area contributed by atoms with Gasteiger partial charge in [0.2, 0.25) is 0 Å². The molecule has 4 unspecified atom stereocenters. The smallest absolute Gasteiger partial charge is 0.193 e. The first kappa shape index (κ1) is 15.1. The van der Waals surface area contributed by atoms with Gasteiger partial charge in [0.25, 0.3) is 0 Å². The van der Waals surface area contributed by atoms with Crippen LogP contribution in [-0.2, 0) is 0 Å². The minimum atomic E-state index is 0.129. The molecule has 1 aromatic carbocycles. The Hall–Kier alpha value is -2.88. The van der Waals surface area contributed by atoms with E-state index in [1.807, 2.05) is 12.1 Å². The molecular weight excluding hydrogens is 348 g/mol. The number of fused-ring (bicyclic) bond motifs is 4. The second kappa shape index (κ2) is 4.93. The lowest BCUT2D eigenvalue weighted by Crippen LogP contribution is -2.28. The summed E-state index contributed by atoms with van der Waals surface area (Å²) < 4.78 is 0. The van der Waals surface area contributed by atoms with Crippen molar-refractivity contribution in [2.45, 2.75) is 49.4 Å². The second-order valence-corrected chi connectivity index (χ2v) is 8.86. The van der Waals surface area contributed by atoms with Crippen LogP contribution in [0.1, 0.15) is 71.9 Å². The van der Waals surface area contributed by atoms with Gasteiger partial charge < -0.3 is 9.97 Å². The maximum absolute atomic E-state index is 13.4. The fraction of sp³-hybridized carbons (Fsp3) is 0.333. The summed E-state index contributed by atoms with van der Waals surface area (Å²) in [5, 5.41) is 1.39. The highest BCUT2D eigenvalue weighted by atomic mass is 16.1. The molecule has 0 aliphatic heterocycles. The first-order valence-electron chi connectivity index (χ1n) is 10.4. The number of rotatable bonds is 0. The van der Waals surface area contributed by atoms with E-state index >= 15 is 0 Å². The molecule has 2 heterocycles. The molecule has 4 nitrogen and oxygen atoms in total. The van der Waals surface area contributed by atoms with E-state index in [4.69, 9.17) is 0 Å². The molecule has 0 amide bonds. The van der Waals surface area contributed by atoms with Crippen molar-refractivity contribution in [2.24, 2.45) is 0 Å². The van der Waals surface area contributed by atoms with Gasteiger partial charge in [0.1, 0.15) is 0 Å². The number of pyridine rings is 2. The molecule has 2 N–H and O–H groups in total. The van der Waals surface area contributed by atoms with E-state index in [0.29, 0.717) is 22.6 Å². The van der Waals surface area contributed by atoms with Crippen LogP contribution in [0.3, 0.4) is 0 Å². The van der Waals surface area contributed by atoms with Crippen LogP contribution < -0.4 is 10.9 Å². The molecule has 0 saturated carbocycles. The number of hydrogen-bond acceptors (Lipinski definition) is 2. The minimum absolute atomic E-state index is 0.129. The van der Waals surface area contributed by atoms with Crippen molar-refractivity contribution < 1.29 is 0 Å². The first-order chi connectivity index (χ1) is 13.7. The summed E-state index contributed by atoms with van der Waals surface area (Å²) in [7, 11) is 0. The van der Waals surface area contributed by atoms with Crippen LogP contribution >= 0.6 is 0 Å². The van der Waals surface area contributed by atoms with Crippen molar-refractivity contribution in [2.75, 3.05) is 0 Å². The second-order valence-electron chi connectivity index (χ2n) is 8.86. The van der Waals surface area contributed by atoms with Crippen molar-refractivity contribution in [3.05, 3.63) is 79.4 Å². The zero-order chi connectivity index (χ0) is 18.6. The van der Waals surface area contributed by atoms with Crippen LogP contribution in [0.15, 0.2) is 46.0 Å². The van der Waals surface area contributed by atoms with Crippen LogP contribution in [0, 0.1) is 0 Å². The van der Waals surface area contributed by atoms with Gasteiger partial charge in [-0.05, 0) is 37.8 Å². The van der Waals surface area contributed by atoms with Gasteiger partial charge in [0, 0.05) is 57.0 Å². The molecule has 4 atom stereocenters. The van der Waals surface area contributed by atoms with E-state index in [1.165, 1.54) is 0 Å². The number of hydrogen-bond donors (Lipinski definition) is 2. The summed E-state index contributed by atoms with van der Waals surface area (Å²) in [5.41, 5.74) is 5.84. The van der Waals surface area contributed by atoms with Crippen molar-refractivity contribution in [1.82, 2.24) is 9.97 Å². The molecule has 0 spiro atoms. The molecule has 4 heteroatoms. The highest BCUT2D eigenvalue weighted by Gasteiger charge is 2.34. The molecule has 0 fully saturated rings. The third-order valence-corrected chi connectivity index (χ3v) is 7.47. The Labute approximate surface area is 161 Å². The zero-order valence-corrected chi connectivity index (χ0v) is 15.4. The van der Waals surface area contributed by atoms with Gasteiger partial charge in [0.15, 0.2) is 10.9 Å². The predicted molar refractivity (Wildman–Crippen MR) is 110 cm³/mol. The molecule has 3 aromatic rings. The fourth-order valence-corrected chi connectivity index (χ4v) is 6.06. The van der Waals surface area contributed by atoms with Crippen molar-refractivity contribution >= 4 is 21.8 Å². The van der Waals surface area contributed by atoms with Crippen LogP contribution in [0.25, 0.3) is 21.8 Å². The van der Waals surface area contributed by atoms with Gasteiger partial charge in [-0.25, -0.2) is 0 Å². The van der Waals surface area contributed by atoms with E-state index in [-0.39, 0.29) is 22.7 Å². The minimum Gasteiger partial charge on any atom is -0.357 e. The number of benzene rings is 1. The molecule has 0 radical (unpaired) electrons. The third-order valence-electron chi connectivity index (χ3n) is 7.47. The van der Waals surface area contributed by atoms with Gasteiger partial charge in [0.05, 0.1) is 11.0 Å². The lowest BCUT2D eigenvalue weighted by Gasteiger charge is -2.33. The van der Waals surface area contributed by atoms with Crippen LogP contribution in [0.4, 0.5) is 0 Å². The number of aromatic nitrogens is 2. The molecule has 6 aliphatic carbocycles. The van der Waals surface area contributed by atoms with Crippen molar-refractivity contribution in [1.29, 1.82) is 0 Å². The number of aromatic amines is 2. The normalized spacial score (nSPS) is 28.9. The summed E-state index contributed by atoms with van der Waals surface area (Å²) in [6, 6.07) is 3.81. The predicted octanol–water partition coefficient (Wildman–Crippen LogP) is 4.43. The Morgan fingerprint density at radius 3 is 1.39 bits per heavy atom. The Morgan fingerprint density at radius 2 is 1.00 bits per heavy atom. The Kier molecular flexibility index (Phi) is 2.66. The third kappa shape index (κ3) is 1.72. The van der Waals surface area contributed by atoms with Crippen LogP contribution in [-0.4, -0.2) is 9.97 Å². The maximum atomic E-state index is 13.4. The monoisotopic (exact) mass is 368 g/mol. The quantitative estimate of drug-likeness (QED) is 0.455. The maximum Gasteiger partial charge on any atom is 0.193 e. The molecule has 138 valence electrons. The lowest BCUT2D eigenvalue weighted by molar-refractivity contribution is 0.539. The summed E-state index contributed by atoms with van der Waals surface area (Å²) in [6.07, 6.45) is 13.1. The number of H-pyrrole nitrogens is 2. The molecule has 9 rings (SSSR count). The van der Waals surface area contributed by atoms with Crippen molar-refractivity contribution in [3.63, 3.8) is 0 Å². The van der Waals surface area contributed by atoms with Gasteiger partial charge in [-0.15, -0.1) is 0 Å². The Morgan fingerprint density at radius 1 is 0.607 bits per heavy atom. The summed E-state index contributed by atoms with van der Waals surface area (Å²) in [5.74, 6) is 1.06. The van der Waals surface area contributed by atoms with Gasteiger partial charge in [-0.1, -0.05) is 24.3 Å². The van der Waals surface area contributed by atoms with E-state index in [0.717, 1.165) is 59.2 Å². The number of allylic oxidation sites excluding steroid dienone is 4. The highest BCUT2D eigenvalue weighted by molar-refractivity contribution is 5.95. The van der Waals surface area contributed by atoms with Gasteiger partial charge in [-0.3, -0.25) is 9.59 Å². The largest absolute Gasteiger partial charge is 0.357 e. The lowest BCUT2D eigenvalue weighted by atomic mass is 9.73. The molecule has 6 aliphatic rings. The van der Waals surface area contributed by atoms with Gasteiger partial charge in [-0.2, -0.15) is 0 Å². The number of nitrogens with one attached hydrogen (secondary N) is 2. The Bertz CT molecular complexity index is 1280. The van der Waals surface area contributed by atoms with Crippen LogP contribution in [0.2, 0.25) is 0 Å². The average molecular weight is 368 g/mol. The topological polar surface area (TPSA) is 65.7 Å². The Balaban J connectivity index is 1.58. The summed E-state index contributed by atoms with van der Waals surface area (Å²) in [4.78, 5) is 33.8. The van der Waals surface area contributed by atoms with E-state index in [2.05, 4.69) is 34.3 Å². The standard InChI is InChI=1S/C24H20N2O2/c27-23-15-9-18-16(24(28)20-12-3-7-14(8-4-12)22(20)26-18)10-17(15)25-21-13-5-1-11(2-6-13)19(21)23/h1,3,5,7,9-14H,2,4,6,8H2,(H,25,27)(H,26,28). The van der Waals surface area contributed by atoms with E-state index < -0.39 is 0 Å². The van der Waals surface area contributed by atoms with Crippen molar-refractivity contribution in [3.8, 4) is 0 Å². The summed E-state index contributed by atoms with van der Waals surface area (Å²) >= 11 is 0. The molecule has 0 saturated heterocycles. The molecule has 4 bridgehead atoms. The fourth-order valence-electron chi connectivity index (χ4n) is 6.06. The first-order valence-corrected chi connectivity index (χ1v) is 10.4.